The second-order valence-electron chi connectivity index (χ2n) is 5.79. The van der Waals surface area contributed by atoms with Gasteiger partial charge < -0.3 is 19.5 Å². The number of hydrogen-bond acceptors (Lipinski definition) is 5. The standard InChI is InChI=1S/C20H21N3O4/c1-23-17(12-16(22-23)13-6-5-7-15(10-13)25-2)20(24)21-14-8-9-18(26-3)19(11-14)27-4/h5-12H,1-4H3,(H,21,24). The summed E-state index contributed by atoms with van der Waals surface area (Å²) in [6.45, 7) is 0. The Labute approximate surface area is 157 Å². The number of ether oxygens (including phenoxy) is 3. The van der Waals surface area contributed by atoms with E-state index in [0.29, 0.717) is 28.6 Å². The van der Waals surface area contributed by atoms with Crippen molar-refractivity contribution < 1.29 is 19.0 Å². The van der Waals surface area contributed by atoms with Crippen molar-refractivity contribution in [1.82, 2.24) is 9.78 Å². The van der Waals surface area contributed by atoms with Crippen LogP contribution in [0.2, 0.25) is 0 Å². The van der Waals surface area contributed by atoms with Crippen LogP contribution in [0.1, 0.15) is 10.5 Å². The number of amides is 1. The third-order valence-corrected chi connectivity index (χ3v) is 4.12. The molecule has 1 amide bonds. The highest BCUT2D eigenvalue weighted by Crippen LogP contribution is 2.30. The van der Waals surface area contributed by atoms with E-state index < -0.39 is 0 Å². The van der Waals surface area contributed by atoms with Gasteiger partial charge in [-0.15, -0.1) is 0 Å². The van der Waals surface area contributed by atoms with Gasteiger partial charge in [0, 0.05) is 24.4 Å². The van der Waals surface area contributed by atoms with Crippen molar-refractivity contribution in [3.8, 4) is 28.5 Å². The van der Waals surface area contributed by atoms with Crippen LogP contribution in [-0.4, -0.2) is 37.0 Å². The SMILES string of the molecule is COc1cccc(-c2cc(C(=O)Nc3ccc(OC)c(OC)c3)n(C)n2)c1. The van der Waals surface area contributed by atoms with Crippen LogP contribution in [0.3, 0.4) is 0 Å². The molecule has 0 fully saturated rings. The summed E-state index contributed by atoms with van der Waals surface area (Å²) >= 11 is 0. The highest BCUT2D eigenvalue weighted by Gasteiger charge is 2.16. The number of methoxy groups -OCH3 is 3. The van der Waals surface area contributed by atoms with E-state index in [0.717, 1.165) is 11.3 Å². The van der Waals surface area contributed by atoms with Crippen molar-refractivity contribution in [3.05, 3.63) is 54.2 Å². The molecule has 0 aliphatic heterocycles. The number of anilines is 1. The molecule has 7 heteroatoms. The van der Waals surface area contributed by atoms with Gasteiger partial charge in [-0.3, -0.25) is 9.48 Å². The Morgan fingerprint density at radius 1 is 0.963 bits per heavy atom. The quantitative estimate of drug-likeness (QED) is 0.723. The fourth-order valence-electron chi connectivity index (χ4n) is 2.71. The lowest BCUT2D eigenvalue weighted by Gasteiger charge is -2.10. The van der Waals surface area contributed by atoms with Crippen LogP contribution in [0, 0.1) is 0 Å². The molecule has 2 aromatic carbocycles. The monoisotopic (exact) mass is 367 g/mol. The third-order valence-electron chi connectivity index (χ3n) is 4.12. The molecule has 0 radical (unpaired) electrons. The topological polar surface area (TPSA) is 74.6 Å². The molecule has 0 saturated carbocycles. The van der Waals surface area contributed by atoms with Gasteiger partial charge in [-0.25, -0.2) is 0 Å². The smallest absolute Gasteiger partial charge is 0.273 e. The van der Waals surface area contributed by atoms with E-state index in [4.69, 9.17) is 14.2 Å². The predicted octanol–water partition coefficient (Wildman–Crippen LogP) is 3.37. The molecule has 7 nitrogen and oxygen atoms in total. The van der Waals surface area contributed by atoms with Crippen molar-refractivity contribution in [2.75, 3.05) is 26.6 Å². The Morgan fingerprint density at radius 3 is 2.44 bits per heavy atom. The maximum absolute atomic E-state index is 12.7. The molecule has 0 atom stereocenters. The average Bonchev–Trinajstić information content (AvgIpc) is 3.09. The first kappa shape index (κ1) is 18.3. The summed E-state index contributed by atoms with van der Waals surface area (Å²) in [5.74, 6) is 1.59. The van der Waals surface area contributed by atoms with Crippen molar-refractivity contribution in [2.45, 2.75) is 0 Å². The predicted molar refractivity (Wildman–Crippen MR) is 103 cm³/mol. The molecular formula is C20H21N3O4. The number of benzene rings is 2. The van der Waals surface area contributed by atoms with Crippen molar-refractivity contribution in [1.29, 1.82) is 0 Å². The molecule has 0 spiro atoms. The number of hydrogen-bond donors (Lipinski definition) is 1. The van der Waals surface area contributed by atoms with Crippen LogP contribution >= 0.6 is 0 Å². The van der Waals surface area contributed by atoms with Gasteiger partial charge in [0.1, 0.15) is 11.4 Å². The first-order valence-corrected chi connectivity index (χ1v) is 8.27. The summed E-state index contributed by atoms with van der Waals surface area (Å²) in [6, 6.07) is 14.5. The molecule has 140 valence electrons. The number of aryl methyl sites for hydroxylation is 1. The molecule has 1 N–H and O–H groups in total. The van der Waals surface area contributed by atoms with E-state index in [1.165, 1.54) is 0 Å². The number of carbonyl (C=O) groups is 1. The highest BCUT2D eigenvalue weighted by molar-refractivity contribution is 6.03. The van der Waals surface area contributed by atoms with Gasteiger partial charge in [-0.2, -0.15) is 5.10 Å². The number of nitrogens with zero attached hydrogens (tertiary/aromatic N) is 2. The highest BCUT2D eigenvalue weighted by atomic mass is 16.5. The number of rotatable bonds is 6. The van der Waals surface area contributed by atoms with Gasteiger partial charge >= 0.3 is 0 Å². The summed E-state index contributed by atoms with van der Waals surface area (Å²) in [7, 11) is 6.45. The van der Waals surface area contributed by atoms with Crippen LogP contribution in [0.4, 0.5) is 5.69 Å². The average molecular weight is 367 g/mol. The molecule has 0 unspecified atom stereocenters. The number of aromatic nitrogens is 2. The van der Waals surface area contributed by atoms with E-state index >= 15 is 0 Å². The molecule has 27 heavy (non-hydrogen) atoms. The minimum atomic E-state index is -0.272. The van der Waals surface area contributed by atoms with E-state index in [2.05, 4.69) is 10.4 Å². The molecule has 0 bridgehead atoms. The van der Waals surface area contributed by atoms with Crippen LogP contribution < -0.4 is 19.5 Å². The Kier molecular flexibility index (Phi) is 5.30. The van der Waals surface area contributed by atoms with Crippen LogP contribution in [0.5, 0.6) is 17.2 Å². The maximum Gasteiger partial charge on any atom is 0.273 e. The summed E-state index contributed by atoms with van der Waals surface area (Å²) < 4.78 is 17.3. The first-order valence-electron chi connectivity index (χ1n) is 8.27. The largest absolute Gasteiger partial charge is 0.497 e. The molecule has 0 aliphatic rings. The van der Waals surface area contributed by atoms with Crippen molar-refractivity contribution in [3.63, 3.8) is 0 Å². The van der Waals surface area contributed by atoms with Gasteiger partial charge in [0.15, 0.2) is 11.5 Å². The first-order chi connectivity index (χ1) is 13.0. The summed E-state index contributed by atoms with van der Waals surface area (Å²) in [6.07, 6.45) is 0. The van der Waals surface area contributed by atoms with Crippen LogP contribution in [0.15, 0.2) is 48.5 Å². The zero-order valence-electron chi connectivity index (χ0n) is 15.6. The van der Waals surface area contributed by atoms with Crippen LogP contribution in [0.25, 0.3) is 11.3 Å². The van der Waals surface area contributed by atoms with E-state index in [-0.39, 0.29) is 5.91 Å². The Morgan fingerprint density at radius 2 is 1.74 bits per heavy atom. The number of carbonyl (C=O) groups excluding carboxylic acids is 1. The van der Waals surface area contributed by atoms with Crippen molar-refractivity contribution in [2.24, 2.45) is 7.05 Å². The maximum atomic E-state index is 12.7. The van der Waals surface area contributed by atoms with Gasteiger partial charge in [-0.05, 0) is 30.3 Å². The second kappa shape index (κ2) is 7.82. The Hall–Kier alpha value is -3.48. The molecule has 3 aromatic rings. The zero-order chi connectivity index (χ0) is 19.4. The molecule has 1 heterocycles. The van der Waals surface area contributed by atoms with Gasteiger partial charge in [0.2, 0.25) is 0 Å². The summed E-state index contributed by atoms with van der Waals surface area (Å²) in [4.78, 5) is 12.7. The molecular weight excluding hydrogens is 346 g/mol. The second-order valence-corrected chi connectivity index (χ2v) is 5.79. The third kappa shape index (κ3) is 3.87. The Balaban J connectivity index is 1.84. The van der Waals surface area contributed by atoms with E-state index in [1.807, 2.05) is 24.3 Å². The Bertz CT molecular complexity index is 966. The fraction of sp³-hybridized carbons (Fsp3) is 0.200. The lowest BCUT2D eigenvalue weighted by atomic mass is 10.1. The number of nitrogens with one attached hydrogen (secondary N) is 1. The minimum absolute atomic E-state index is 0.272. The molecule has 0 saturated heterocycles. The minimum Gasteiger partial charge on any atom is -0.497 e. The molecule has 0 aliphatic carbocycles. The van der Waals surface area contributed by atoms with Gasteiger partial charge in [0.25, 0.3) is 5.91 Å². The summed E-state index contributed by atoms with van der Waals surface area (Å²) in [5, 5.41) is 7.29. The van der Waals surface area contributed by atoms with E-state index in [1.54, 1.807) is 57.3 Å². The van der Waals surface area contributed by atoms with Crippen LogP contribution in [-0.2, 0) is 7.05 Å². The van der Waals surface area contributed by atoms with Crippen molar-refractivity contribution >= 4 is 11.6 Å². The molecule has 3 rings (SSSR count). The fourth-order valence-corrected chi connectivity index (χ4v) is 2.71. The zero-order valence-corrected chi connectivity index (χ0v) is 15.6. The van der Waals surface area contributed by atoms with Gasteiger partial charge in [-0.1, -0.05) is 12.1 Å². The van der Waals surface area contributed by atoms with E-state index in [9.17, 15) is 4.79 Å². The summed E-state index contributed by atoms with van der Waals surface area (Å²) in [5.41, 5.74) is 2.59. The lowest BCUT2D eigenvalue weighted by Crippen LogP contribution is -2.16. The lowest BCUT2D eigenvalue weighted by molar-refractivity contribution is 0.101. The molecule has 1 aromatic heterocycles. The normalized spacial score (nSPS) is 10.4. The van der Waals surface area contributed by atoms with Gasteiger partial charge in [0.05, 0.1) is 27.0 Å².